The Balaban J connectivity index is 1.98. The molecule has 0 atom stereocenters. The lowest BCUT2D eigenvalue weighted by Gasteiger charge is -2.26. The van der Waals surface area contributed by atoms with E-state index < -0.39 is 0 Å². The minimum Gasteiger partial charge on any atom is -0.463 e. The minimum atomic E-state index is 0.779. The average molecular weight is 195 g/mol. The van der Waals surface area contributed by atoms with Crippen molar-refractivity contribution in [2.45, 2.75) is 13.5 Å². The Kier molecular flexibility index (Phi) is 2.74. The number of nitrogens with one attached hydrogen (secondary N) is 1. The number of hydrogen-bond donors (Lipinski definition) is 2. The molecule has 1 saturated heterocycles. The number of nitrogens with zero attached hydrogens (tertiary/aromatic N) is 1. The van der Waals surface area contributed by atoms with Crippen LogP contribution in [-0.2, 0) is 6.54 Å². The summed E-state index contributed by atoms with van der Waals surface area (Å²) >= 11 is 0. The molecule has 1 aromatic rings. The van der Waals surface area contributed by atoms with Crippen molar-refractivity contribution in [2.75, 3.05) is 31.9 Å². The number of rotatable bonds is 2. The van der Waals surface area contributed by atoms with Crippen molar-refractivity contribution in [3.8, 4) is 0 Å². The van der Waals surface area contributed by atoms with Crippen molar-refractivity contribution >= 4 is 5.69 Å². The third-order valence-corrected chi connectivity index (χ3v) is 2.54. The summed E-state index contributed by atoms with van der Waals surface area (Å²) in [6.45, 7) is 7.01. The molecule has 3 N–H and O–H groups in total. The average Bonchev–Trinajstić information content (AvgIpc) is 2.47. The quantitative estimate of drug-likeness (QED) is 0.724. The van der Waals surface area contributed by atoms with Gasteiger partial charge in [0.25, 0.3) is 0 Å². The van der Waals surface area contributed by atoms with E-state index in [2.05, 4.69) is 10.2 Å². The third-order valence-electron chi connectivity index (χ3n) is 2.54. The second kappa shape index (κ2) is 4.02. The molecule has 0 unspecified atom stereocenters. The Morgan fingerprint density at radius 1 is 1.50 bits per heavy atom. The van der Waals surface area contributed by atoms with Crippen LogP contribution in [0, 0.1) is 6.92 Å². The first-order valence-electron chi connectivity index (χ1n) is 5.03. The van der Waals surface area contributed by atoms with Crippen molar-refractivity contribution in [3.05, 3.63) is 17.6 Å². The molecule has 0 bridgehead atoms. The molecule has 4 heteroatoms. The van der Waals surface area contributed by atoms with Crippen LogP contribution in [0.3, 0.4) is 0 Å². The van der Waals surface area contributed by atoms with E-state index >= 15 is 0 Å². The first-order valence-corrected chi connectivity index (χ1v) is 5.03. The third kappa shape index (κ3) is 2.08. The molecule has 2 heterocycles. The van der Waals surface area contributed by atoms with Crippen LogP contribution >= 0.6 is 0 Å². The van der Waals surface area contributed by atoms with E-state index in [1.54, 1.807) is 0 Å². The van der Waals surface area contributed by atoms with E-state index in [-0.39, 0.29) is 0 Å². The Hall–Kier alpha value is -1.00. The largest absolute Gasteiger partial charge is 0.463 e. The normalized spacial score (nSPS) is 18.6. The number of furan rings is 1. The summed E-state index contributed by atoms with van der Waals surface area (Å²) < 4.78 is 5.53. The van der Waals surface area contributed by atoms with Crippen molar-refractivity contribution in [2.24, 2.45) is 0 Å². The lowest BCUT2D eigenvalue weighted by molar-refractivity contribution is 0.216. The van der Waals surface area contributed by atoms with Crippen LogP contribution in [0.15, 0.2) is 10.5 Å². The Morgan fingerprint density at radius 3 is 2.79 bits per heavy atom. The highest BCUT2D eigenvalue weighted by Gasteiger charge is 2.13. The molecule has 0 radical (unpaired) electrons. The molecule has 1 aliphatic rings. The minimum absolute atomic E-state index is 0.779. The molecule has 1 fully saturated rings. The van der Waals surface area contributed by atoms with E-state index in [1.165, 1.54) is 0 Å². The number of anilines is 1. The highest BCUT2D eigenvalue weighted by molar-refractivity contribution is 5.42. The van der Waals surface area contributed by atoms with E-state index in [0.717, 1.165) is 49.9 Å². The standard InChI is InChI=1S/C10H17N3O/c1-8-6-9(11)10(14-8)7-13-4-2-12-3-5-13/h6,12H,2-5,7,11H2,1H3. The predicted molar refractivity (Wildman–Crippen MR) is 56.0 cm³/mol. The summed E-state index contributed by atoms with van der Waals surface area (Å²) in [6.07, 6.45) is 0. The molecule has 1 aromatic heterocycles. The fourth-order valence-corrected chi connectivity index (χ4v) is 1.78. The molecule has 0 aliphatic carbocycles. The van der Waals surface area contributed by atoms with E-state index in [9.17, 15) is 0 Å². The van der Waals surface area contributed by atoms with Crippen molar-refractivity contribution in [1.29, 1.82) is 0 Å². The van der Waals surface area contributed by atoms with Gasteiger partial charge in [0.15, 0.2) is 0 Å². The molecule has 0 saturated carbocycles. The van der Waals surface area contributed by atoms with Gasteiger partial charge in [-0.1, -0.05) is 0 Å². The van der Waals surface area contributed by atoms with Crippen LogP contribution in [0.2, 0.25) is 0 Å². The van der Waals surface area contributed by atoms with Crippen LogP contribution in [0.1, 0.15) is 11.5 Å². The van der Waals surface area contributed by atoms with Gasteiger partial charge in [-0.2, -0.15) is 0 Å². The van der Waals surface area contributed by atoms with Crippen LogP contribution < -0.4 is 11.1 Å². The SMILES string of the molecule is Cc1cc(N)c(CN2CCNCC2)o1. The summed E-state index contributed by atoms with van der Waals surface area (Å²) in [7, 11) is 0. The number of piperazine rings is 1. The molecular formula is C10H17N3O. The number of nitrogens with two attached hydrogens (primary N) is 1. The van der Waals surface area contributed by atoms with E-state index in [0.29, 0.717) is 0 Å². The van der Waals surface area contributed by atoms with Crippen molar-refractivity contribution in [3.63, 3.8) is 0 Å². The number of nitrogen functional groups attached to an aromatic ring is 1. The molecular weight excluding hydrogens is 178 g/mol. The molecule has 14 heavy (non-hydrogen) atoms. The van der Waals surface area contributed by atoms with Crippen molar-refractivity contribution < 1.29 is 4.42 Å². The molecule has 78 valence electrons. The van der Waals surface area contributed by atoms with Crippen LogP contribution in [0.5, 0.6) is 0 Å². The molecule has 0 spiro atoms. The highest BCUT2D eigenvalue weighted by atomic mass is 16.3. The fraction of sp³-hybridized carbons (Fsp3) is 0.600. The Labute approximate surface area is 84.1 Å². The lowest BCUT2D eigenvalue weighted by Crippen LogP contribution is -2.42. The molecule has 0 amide bonds. The zero-order valence-electron chi connectivity index (χ0n) is 8.55. The fourth-order valence-electron chi connectivity index (χ4n) is 1.78. The van der Waals surface area contributed by atoms with Gasteiger partial charge in [-0.25, -0.2) is 0 Å². The molecule has 0 aromatic carbocycles. The van der Waals surface area contributed by atoms with Crippen LogP contribution in [0.25, 0.3) is 0 Å². The summed E-state index contributed by atoms with van der Waals surface area (Å²) in [5.74, 6) is 1.80. The summed E-state index contributed by atoms with van der Waals surface area (Å²) in [5.41, 5.74) is 6.60. The van der Waals surface area contributed by atoms with Gasteiger partial charge in [-0.15, -0.1) is 0 Å². The zero-order valence-corrected chi connectivity index (χ0v) is 8.55. The van der Waals surface area contributed by atoms with Gasteiger partial charge in [-0.3, -0.25) is 4.90 Å². The molecule has 2 rings (SSSR count). The summed E-state index contributed by atoms with van der Waals surface area (Å²) in [4.78, 5) is 2.35. The maximum atomic E-state index is 5.82. The monoisotopic (exact) mass is 195 g/mol. The van der Waals surface area contributed by atoms with Crippen LogP contribution in [-0.4, -0.2) is 31.1 Å². The van der Waals surface area contributed by atoms with E-state index in [1.807, 2.05) is 13.0 Å². The number of aryl methyl sites for hydroxylation is 1. The van der Waals surface area contributed by atoms with Gasteiger partial charge in [0, 0.05) is 32.2 Å². The number of hydrogen-bond acceptors (Lipinski definition) is 4. The Morgan fingerprint density at radius 2 is 2.21 bits per heavy atom. The van der Waals surface area contributed by atoms with Crippen LogP contribution in [0.4, 0.5) is 5.69 Å². The Bertz CT molecular complexity index is 302. The van der Waals surface area contributed by atoms with E-state index in [4.69, 9.17) is 10.2 Å². The van der Waals surface area contributed by atoms with Gasteiger partial charge >= 0.3 is 0 Å². The summed E-state index contributed by atoms with van der Waals surface area (Å²) in [5, 5.41) is 3.32. The topological polar surface area (TPSA) is 54.4 Å². The zero-order chi connectivity index (χ0) is 9.97. The van der Waals surface area contributed by atoms with Gasteiger partial charge in [-0.05, 0) is 6.92 Å². The van der Waals surface area contributed by atoms with Crippen molar-refractivity contribution in [1.82, 2.24) is 10.2 Å². The predicted octanol–water partition coefficient (Wildman–Crippen LogP) is 0.575. The maximum Gasteiger partial charge on any atom is 0.140 e. The van der Waals surface area contributed by atoms with Gasteiger partial charge in [0.1, 0.15) is 11.5 Å². The van der Waals surface area contributed by atoms with Gasteiger partial charge in [0.2, 0.25) is 0 Å². The lowest BCUT2D eigenvalue weighted by atomic mass is 10.3. The first-order chi connectivity index (χ1) is 6.75. The summed E-state index contributed by atoms with van der Waals surface area (Å²) in [6, 6.07) is 1.89. The second-order valence-electron chi connectivity index (χ2n) is 3.76. The first kappa shape index (κ1) is 9.55. The smallest absolute Gasteiger partial charge is 0.140 e. The molecule has 4 nitrogen and oxygen atoms in total. The second-order valence-corrected chi connectivity index (χ2v) is 3.76. The molecule has 1 aliphatic heterocycles. The van der Waals surface area contributed by atoms with Gasteiger partial charge in [0.05, 0.1) is 12.2 Å². The maximum absolute atomic E-state index is 5.82. The van der Waals surface area contributed by atoms with Gasteiger partial charge < -0.3 is 15.5 Å². The highest BCUT2D eigenvalue weighted by Crippen LogP contribution is 2.18.